The summed E-state index contributed by atoms with van der Waals surface area (Å²) in [5.41, 5.74) is 1.72. The molecule has 0 bridgehead atoms. The summed E-state index contributed by atoms with van der Waals surface area (Å²) in [6.45, 7) is 1.44. The highest BCUT2D eigenvalue weighted by atomic mass is 32.2. The van der Waals surface area contributed by atoms with Gasteiger partial charge in [-0.2, -0.15) is 4.31 Å². The van der Waals surface area contributed by atoms with Crippen LogP contribution in [-0.2, 0) is 10.0 Å². The van der Waals surface area contributed by atoms with Gasteiger partial charge in [-0.3, -0.25) is 0 Å². The molecule has 0 saturated carbocycles. The lowest BCUT2D eigenvalue weighted by Crippen LogP contribution is -2.51. The second-order valence-electron chi connectivity index (χ2n) is 5.72. The van der Waals surface area contributed by atoms with E-state index in [9.17, 15) is 13.2 Å². The number of nitrogens with one attached hydrogen (secondary N) is 1. The van der Waals surface area contributed by atoms with Crippen LogP contribution in [0.4, 0.5) is 10.5 Å². The molecule has 1 fully saturated rings. The summed E-state index contributed by atoms with van der Waals surface area (Å²) in [5, 5.41) is 2.85. The number of carbonyl (C=O) groups excluding carboxylic acids is 1. The van der Waals surface area contributed by atoms with Gasteiger partial charge in [-0.05, 0) is 36.4 Å². The highest BCUT2D eigenvalue weighted by Gasteiger charge is 2.25. The van der Waals surface area contributed by atoms with Gasteiger partial charge in [0.15, 0.2) is 0 Å². The van der Waals surface area contributed by atoms with Crippen LogP contribution in [0.5, 0.6) is 0 Å². The number of piperazine rings is 1. The van der Waals surface area contributed by atoms with Gasteiger partial charge in [0.05, 0.1) is 6.26 Å². The number of carbonyl (C=O) groups is 1. The minimum atomic E-state index is -3.19. The van der Waals surface area contributed by atoms with Crippen molar-refractivity contribution in [3.05, 3.63) is 48.8 Å². The zero-order valence-electron chi connectivity index (χ0n) is 13.4. The van der Waals surface area contributed by atoms with Crippen LogP contribution in [0.1, 0.15) is 0 Å². The van der Waals surface area contributed by atoms with Crippen LogP contribution >= 0.6 is 0 Å². The van der Waals surface area contributed by atoms with Crippen LogP contribution in [-0.4, -0.2) is 60.7 Å². The fraction of sp³-hybridized carbons (Fsp3) is 0.312. The Hall–Kier alpha value is -2.32. The number of benzene rings is 1. The minimum Gasteiger partial charge on any atom is -0.324 e. The van der Waals surface area contributed by atoms with Crippen molar-refractivity contribution in [2.45, 2.75) is 0 Å². The van der Waals surface area contributed by atoms with Gasteiger partial charge in [0.2, 0.25) is 10.0 Å². The number of urea groups is 1. The van der Waals surface area contributed by atoms with E-state index in [-0.39, 0.29) is 6.03 Å². The maximum atomic E-state index is 12.3. The van der Waals surface area contributed by atoms with Crippen molar-refractivity contribution >= 4 is 21.7 Å². The largest absolute Gasteiger partial charge is 0.324 e. The molecule has 1 N–H and O–H groups in total. The van der Waals surface area contributed by atoms with E-state index in [4.69, 9.17) is 0 Å². The Kier molecular flexibility index (Phi) is 4.59. The van der Waals surface area contributed by atoms with Crippen molar-refractivity contribution in [3.63, 3.8) is 0 Å². The maximum Gasteiger partial charge on any atom is 0.321 e. The summed E-state index contributed by atoms with van der Waals surface area (Å²) in [5.74, 6) is 0. The number of aromatic nitrogens is 1. The lowest BCUT2D eigenvalue weighted by atomic mass is 10.3. The third-order valence-electron chi connectivity index (χ3n) is 4.02. The number of hydrogen-bond acceptors (Lipinski definition) is 3. The van der Waals surface area contributed by atoms with Crippen molar-refractivity contribution in [1.29, 1.82) is 0 Å². The average Bonchev–Trinajstić information content (AvgIpc) is 3.09. The molecule has 1 aliphatic rings. The van der Waals surface area contributed by atoms with Crippen LogP contribution in [0, 0.1) is 0 Å². The molecule has 3 rings (SSSR count). The van der Waals surface area contributed by atoms with E-state index >= 15 is 0 Å². The second-order valence-corrected chi connectivity index (χ2v) is 7.70. The molecule has 7 nitrogen and oxygen atoms in total. The summed E-state index contributed by atoms with van der Waals surface area (Å²) >= 11 is 0. The minimum absolute atomic E-state index is 0.211. The van der Waals surface area contributed by atoms with E-state index in [0.29, 0.717) is 31.9 Å². The summed E-state index contributed by atoms with van der Waals surface area (Å²) in [7, 11) is -3.19. The number of rotatable bonds is 3. The van der Waals surface area contributed by atoms with Crippen molar-refractivity contribution in [1.82, 2.24) is 13.8 Å². The number of sulfonamides is 1. The first-order valence-electron chi connectivity index (χ1n) is 7.68. The quantitative estimate of drug-likeness (QED) is 0.915. The van der Waals surface area contributed by atoms with Gasteiger partial charge in [-0.25, -0.2) is 13.2 Å². The molecule has 0 radical (unpaired) electrons. The van der Waals surface area contributed by atoms with Gasteiger partial charge in [0, 0.05) is 49.9 Å². The molecular weight excluding hydrogens is 328 g/mol. The van der Waals surface area contributed by atoms with Gasteiger partial charge in [0.1, 0.15) is 0 Å². The first-order chi connectivity index (χ1) is 11.4. The molecule has 1 saturated heterocycles. The molecule has 8 heteroatoms. The van der Waals surface area contributed by atoms with Gasteiger partial charge < -0.3 is 14.8 Å². The molecule has 0 aliphatic carbocycles. The number of nitrogens with zero attached hydrogens (tertiary/aromatic N) is 3. The highest BCUT2D eigenvalue weighted by Crippen LogP contribution is 2.15. The molecule has 0 atom stereocenters. The molecule has 24 heavy (non-hydrogen) atoms. The highest BCUT2D eigenvalue weighted by molar-refractivity contribution is 7.88. The zero-order chi connectivity index (χ0) is 17.2. The Labute approximate surface area is 141 Å². The van der Waals surface area contributed by atoms with Gasteiger partial charge in [-0.1, -0.05) is 0 Å². The monoisotopic (exact) mass is 348 g/mol. The molecule has 1 aliphatic heterocycles. The fourth-order valence-corrected chi connectivity index (χ4v) is 3.48. The van der Waals surface area contributed by atoms with Gasteiger partial charge >= 0.3 is 6.03 Å². The molecular formula is C16H20N4O3S. The molecule has 128 valence electrons. The Morgan fingerprint density at radius 2 is 1.58 bits per heavy atom. The molecule has 2 aromatic rings. The smallest absolute Gasteiger partial charge is 0.321 e. The Morgan fingerprint density at radius 3 is 2.12 bits per heavy atom. The topological polar surface area (TPSA) is 74.7 Å². The van der Waals surface area contributed by atoms with Crippen LogP contribution in [0.2, 0.25) is 0 Å². The summed E-state index contributed by atoms with van der Waals surface area (Å²) in [4.78, 5) is 13.9. The first kappa shape index (κ1) is 16.5. The lowest BCUT2D eigenvalue weighted by molar-refractivity contribution is 0.184. The molecule has 0 unspecified atom stereocenters. The molecule has 2 heterocycles. The third kappa shape index (κ3) is 3.77. The van der Waals surface area contributed by atoms with Crippen LogP contribution in [0.3, 0.4) is 0 Å². The van der Waals surface area contributed by atoms with Crippen molar-refractivity contribution in [3.8, 4) is 5.69 Å². The predicted molar refractivity (Wildman–Crippen MR) is 92.8 cm³/mol. The normalized spacial score (nSPS) is 16.1. The lowest BCUT2D eigenvalue weighted by Gasteiger charge is -2.33. The number of hydrogen-bond donors (Lipinski definition) is 1. The number of anilines is 1. The Morgan fingerprint density at radius 1 is 1.00 bits per heavy atom. The van der Waals surface area contributed by atoms with Gasteiger partial charge in [0.25, 0.3) is 0 Å². The average molecular weight is 348 g/mol. The molecule has 2 amide bonds. The van der Waals surface area contributed by atoms with E-state index < -0.39 is 10.0 Å². The van der Waals surface area contributed by atoms with E-state index in [1.807, 2.05) is 53.4 Å². The summed E-state index contributed by atoms with van der Waals surface area (Å²) in [6, 6.07) is 11.2. The molecule has 0 spiro atoms. The van der Waals surface area contributed by atoms with E-state index in [0.717, 1.165) is 5.69 Å². The number of amides is 2. The van der Waals surface area contributed by atoms with Gasteiger partial charge in [-0.15, -0.1) is 0 Å². The summed E-state index contributed by atoms with van der Waals surface area (Å²) in [6.07, 6.45) is 5.10. The van der Waals surface area contributed by atoms with Crippen molar-refractivity contribution < 1.29 is 13.2 Å². The first-order valence-corrected chi connectivity index (χ1v) is 9.53. The van der Waals surface area contributed by atoms with E-state index in [2.05, 4.69) is 5.32 Å². The van der Waals surface area contributed by atoms with E-state index in [1.54, 1.807) is 4.90 Å². The van der Waals surface area contributed by atoms with Crippen LogP contribution in [0.25, 0.3) is 5.69 Å². The van der Waals surface area contributed by atoms with E-state index in [1.165, 1.54) is 10.6 Å². The molecule has 1 aromatic heterocycles. The Balaban J connectivity index is 1.58. The standard InChI is InChI=1S/C16H20N4O3S/c1-24(22,23)20-12-10-19(11-13-20)16(21)17-14-4-6-15(7-5-14)18-8-2-3-9-18/h2-9H,10-13H2,1H3,(H,17,21). The predicted octanol–water partition coefficient (Wildman–Crippen LogP) is 1.59. The fourth-order valence-electron chi connectivity index (χ4n) is 2.65. The maximum absolute atomic E-state index is 12.3. The van der Waals surface area contributed by atoms with Crippen LogP contribution in [0.15, 0.2) is 48.8 Å². The second kappa shape index (κ2) is 6.66. The third-order valence-corrected chi connectivity index (χ3v) is 5.32. The van der Waals surface area contributed by atoms with Crippen molar-refractivity contribution in [2.24, 2.45) is 0 Å². The van der Waals surface area contributed by atoms with Crippen molar-refractivity contribution in [2.75, 3.05) is 37.8 Å². The Bertz CT molecular complexity index is 792. The SMILES string of the molecule is CS(=O)(=O)N1CCN(C(=O)Nc2ccc(-n3cccc3)cc2)CC1. The zero-order valence-corrected chi connectivity index (χ0v) is 14.2. The van der Waals surface area contributed by atoms with Crippen LogP contribution < -0.4 is 5.32 Å². The molecule has 1 aromatic carbocycles. The summed E-state index contributed by atoms with van der Waals surface area (Å²) < 4.78 is 26.3.